The third kappa shape index (κ3) is 5.98. The Labute approximate surface area is 177 Å². The van der Waals surface area contributed by atoms with E-state index in [0.717, 1.165) is 41.0 Å². The van der Waals surface area contributed by atoms with Crippen LogP contribution in [0.1, 0.15) is 33.5 Å². The monoisotopic (exact) mass is 402 g/mol. The minimum atomic E-state index is -0.891. The average molecular weight is 402 g/mol. The van der Waals surface area contributed by atoms with Crippen LogP contribution in [0.3, 0.4) is 0 Å². The van der Waals surface area contributed by atoms with Gasteiger partial charge in [0.15, 0.2) is 0 Å². The first-order valence-corrected chi connectivity index (χ1v) is 10.0. The number of carbonyl (C=O) groups is 1. The molecule has 4 heteroatoms. The van der Waals surface area contributed by atoms with Crippen LogP contribution in [0.4, 0.5) is 0 Å². The minimum Gasteiger partial charge on any atom is -0.490 e. The van der Waals surface area contributed by atoms with Crippen LogP contribution in [0, 0.1) is 0 Å². The van der Waals surface area contributed by atoms with Gasteiger partial charge in [-0.3, -0.25) is 0 Å². The summed E-state index contributed by atoms with van der Waals surface area (Å²) in [5.74, 6) is 0.691. The molecule has 0 saturated carbocycles. The Balaban J connectivity index is 1.71. The summed E-state index contributed by atoms with van der Waals surface area (Å²) in [5.41, 5.74) is 3.35. The Kier molecular flexibility index (Phi) is 7.67. The zero-order valence-corrected chi connectivity index (χ0v) is 16.9. The van der Waals surface area contributed by atoms with Crippen LogP contribution in [0.5, 0.6) is 11.5 Å². The molecule has 0 unspecified atom stereocenters. The Bertz CT molecular complexity index is 979. The quantitative estimate of drug-likeness (QED) is 0.418. The van der Waals surface area contributed by atoms with Gasteiger partial charge in [-0.25, -0.2) is 4.79 Å². The van der Waals surface area contributed by atoms with Gasteiger partial charge in [0, 0.05) is 0 Å². The number of carboxylic acids is 1. The molecular weight excluding hydrogens is 376 g/mol. The van der Waals surface area contributed by atoms with Gasteiger partial charge in [-0.1, -0.05) is 61.2 Å². The van der Waals surface area contributed by atoms with Gasteiger partial charge in [0.2, 0.25) is 0 Å². The first kappa shape index (κ1) is 21.2. The first-order valence-electron chi connectivity index (χ1n) is 10.0. The highest BCUT2D eigenvalue weighted by molar-refractivity contribution is 5.89. The highest BCUT2D eigenvalue weighted by atomic mass is 16.5. The van der Waals surface area contributed by atoms with Crippen molar-refractivity contribution in [2.45, 2.75) is 25.9 Å². The number of aromatic carboxylic acids is 1. The second kappa shape index (κ2) is 10.9. The molecule has 1 N–H and O–H groups in total. The van der Waals surface area contributed by atoms with Crippen LogP contribution >= 0.6 is 0 Å². The summed E-state index contributed by atoms with van der Waals surface area (Å²) in [6.45, 7) is 4.62. The molecule has 4 nitrogen and oxygen atoms in total. The second-order valence-electron chi connectivity index (χ2n) is 6.96. The van der Waals surface area contributed by atoms with Gasteiger partial charge >= 0.3 is 5.97 Å². The maximum Gasteiger partial charge on any atom is 0.335 e. The van der Waals surface area contributed by atoms with Crippen molar-refractivity contribution in [2.24, 2.45) is 0 Å². The molecule has 0 saturated heterocycles. The number of carboxylic acid groups (broad SMARTS) is 1. The van der Waals surface area contributed by atoms with Crippen LogP contribution in [0.25, 0.3) is 0 Å². The molecule has 0 heterocycles. The van der Waals surface area contributed by atoms with Gasteiger partial charge in [0.05, 0.1) is 5.56 Å². The molecule has 0 atom stereocenters. The van der Waals surface area contributed by atoms with Crippen molar-refractivity contribution < 1.29 is 19.4 Å². The third-order valence-electron chi connectivity index (χ3n) is 4.78. The topological polar surface area (TPSA) is 55.8 Å². The average Bonchev–Trinajstić information content (AvgIpc) is 2.78. The van der Waals surface area contributed by atoms with Crippen molar-refractivity contribution in [3.8, 4) is 11.5 Å². The van der Waals surface area contributed by atoms with Crippen molar-refractivity contribution in [3.05, 3.63) is 108 Å². The number of ether oxygens (including phenoxy) is 2. The van der Waals surface area contributed by atoms with Gasteiger partial charge in [-0.2, -0.15) is 0 Å². The maximum absolute atomic E-state index is 11.4. The number of aryl methyl sites for hydroxylation is 2. The van der Waals surface area contributed by atoms with Crippen molar-refractivity contribution in [3.63, 3.8) is 0 Å². The SMILES string of the molecule is C=CCOc1ccc(OCc2ccccc2)c(CCCc2ccccc2C(=O)O)c1. The third-order valence-corrected chi connectivity index (χ3v) is 4.78. The highest BCUT2D eigenvalue weighted by Crippen LogP contribution is 2.27. The molecule has 0 aliphatic rings. The fourth-order valence-corrected chi connectivity index (χ4v) is 3.29. The predicted octanol–water partition coefficient (Wildman–Crippen LogP) is 5.70. The van der Waals surface area contributed by atoms with E-state index in [-0.39, 0.29) is 0 Å². The van der Waals surface area contributed by atoms with E-state index in [9.17, 15) is 9.90 Å². The van der Waals surface area contributed by atoms with Gasteiger partial charge in [0.1, 0.15) is 24.7 Å². The van der Waals surface area contributed by atoms with Gasteiger partial charge < -0.3 is 14.6 Å². The predicted molar refractivity (Wildman–Crippen MR) is 118 cm³/mol. The molecule has 0 aliphatic heterocycles. The van der Waals surface area contributed by atoms with E-state index in [1.165, 1.54) is 0 Å². The lowest BCUT2D eigenvalue weighted by Crippen LogP contribution is -2.04. The fourth-order valence-electron chi connectivity index (χ4n) is 3.29. The Morgan fingerprint density at radius 2 is 1.63 bits per heavy atom. The molecule has 0 bridgehead atoms. The molecule has 3 aromatic carbocycles. The molecular formula is C26H26O4. The van der Waals surface area contributed by atoms with E-state index < -0.39 is 5.97 Å². The lowest BCUT2D eigenvalue weighted by atomic mass is 9.99. The first-order chi connectivity index (χ1) is 14.7. The van der Waals surface area contributed by atoms with Crippen LogP contribution in [0.15, 0.2) is 85.5 Å². The second-order valence-corrected chi connectivity index (χ2v) is 6.96. The van der Waals surface area contributed by atoms with Crippen molar-refractivity contribution in [1.29, 1.82) is 0 Å². The minimum absolute atomic E-state index is 0.362. The maximum atomic E-state index is 11.4. The van der Waals surface area contributed by atoms with Gasteiger partial charge in [0.25, 0.3) is 0 Å². The van der Waals surface area contributed by atoms with E-state index >= 15 is 0 Å². The Morgan fingerprint density at radius 3 is 2.40 bits per heavy atom. The summed E-state index contributed by atoms with van der Waals surface area (Å²) in [7, 11) is 0. The molecule has 0 spiro atoms. The van der Waals surface area contributed by atoms with Crippen LogP contribution < -0.4 is 9.47 Å². The van der Waals surface area contributed by atoms with E-state index in [2.05, 4.69) is 6.58 Å². The van der Waals surface area contributed by atoms with Crippen LogP contribution in [0.2, 0.25) is 0 Å². The van der Waals surface area contributed by atoms with E-state index in [1.54, 1.807) is 18.2 Å². The lowest BCUT2D eigenvalue weighted by molar-refractivity contribution is 0.0695. The molecule has 0 radical (unpaired) electrons. The molecule has 0 aliphatic carbocycles. The van der Waals surface area contributed by atoms with E-state index in [4.69, 9.17) is 9.47 Å². The van der Waals surface area contributed by atoms with Crippen LogP contribution in [-0.4, -0.2) is 17.7 Å². The smallest absolute Gasteiger partial charge is 0.335 e. The van der Waals surface area contributed by atoms with Gasteiger partial charge in [-0.05, 0) is 60.2 Å². The van der Waals surface area contributed by atoms with E-state index in [1.807, 2.05) is 60.7 Å². The van der Waals surface area contributed by atoms with Crippen LogP contribution in [-0.2, 0) is 19.4 Å². The summed E-state index contributed by atoms with van der Waals surface area (Å²) < 4.78 is 11.8. The Hall–Kier alpha value is -3.53. The fraction of sp³-hybridized carbons (Fsp3) is 0.192. The van der Waals surface area contributed by atoms with Crippen molar-refractivity contribution >= 4 is 5.97 Å². The summed E-state index contributed by atoms with van der Waals surface area (Å²) in [5, 5.41) is 9.38. The number of rotatable bonds is 11. The van der Waals surface area contributed by atoms with Crippen molar-refractivity contribution in [2.75, 3.05) is 6.61 Å². The van der Waals surface area contributed by atoms with E-state index in [0.29, 0.717) is 25.2 Å². The number of hydrogen-bond donors (Lipinski definition) is 1. The molecule has 0 amide bonds. The summed E-state index contributed by atoms with van der Waals surface area (Å²) in [4.78, 5) is 11.4. The molecule has 154 valence electrons. The largest absolute Gasteiger partial charge is 0.490 e. The van der Waals surface area contributed by atoms with Gasteiger partial charge in [-0.15, -0.1) is 0 Å². The summed E-state index contributed by atoms with van der Waals surface area (Å²) in [6, 6.07) is 23.0. The zero-order valence-electron chi connectivity index (χ0n) is 16.9. The standard InChI is InChI=1S/C26H26O4/c1-2-17-29-23-15-16-25(30-19-20-9-4-3-5-10-20)22(18-23)13-8-12-21-11-6-7-14-24(21)26(27)28/h2-7,9-11,14-16,18H,1,8,12-13,17,19H2,(H,27,28). The molecule has 3 aromatic rings. The normalized spacial score (nSPS) is 10.4. The number of hydrogen-bond acceptors (Lipinski definition) is 3. The number of benzene rings is 3. The molecule has 0 aromatic heterocycles. The highest BCUT2D eigenvalue weighted by Gasteiger charge is 2.11. The zero-order chi connectivity index (χ0) is 21.2. The summed E-state index contributed by atoms with van der Waals surface area (Å²) >= 11 is 0. The Morgan fingerprint density at radius 1 is 0.900 bits per heavy atom. The van der Waals surface area contributed by atoms with Crippen molar-refractivity contribution in [1.82, 2.24) is 0 Å². The molecule has 30 heavy (non-hydrogen) atoms. The summed E-state index contributed by atoms with van der Waals surface area (Å²) in [6.07, 6.45) is 3.95. The molecule has 3 rings (SSSR count). The lowest BCUT2D eigenvalue weighted by Gasteiger charge is -2.14. The molecule has 0 fully saturated rings.